The molecule has 1 rings (SSSR count). The second-order valence-corrected chi connectivity index (χ2v) is 6.06. The van der Waals surface area contributed by atoms with E-state index in [1.54, 1.807) is 23.3 Å². The number of rotatable bonds is 1. The van der Waals surface area contributed by atoms with Gasteiger partial charge in [-0.3, -0.25) is 0 Å². The van der Waals surface area contributed by atoms with Gasteiger partial charge in [0.2, 0.25) is 0 Å². The molecule has 0 aliphatic carbocycles. The molecule has 0 aromatic carbocycles. The molecule has 0 spiro atoms. The molecule has 0 radical (unpaired) electrons. The van der Waals surface area contributed by atoms with Gasteiger partial charge < -0.3 is 0 Å². The van der Waals surface area contributed by atoms with E-state index >= 15 is 0 Å². The maximum absolute atomic E-state index is 2.51. The fraction of sp³-hybridized carbons (Fsp3) is 0.889. The summed E-state index contributed by atoms with van der Waals surface area (Å²) < 4.78 is 1.65. The Kier molecular flexibility index (Phi) is 3.46. The Balaban J connectivity index is 2.50. The Hall–Kier alpha value is 0.518. The van der Waals surface area contributed by atoms with Crippen LogP contribution in [0.5, 0.6) is 0 Å². The van der Waals surface area contributed by atoms with Crippen molar-refractivity contribution in [2.45, 2.75) is 32.7 Å². The van der Waals surface area contributed by atoms with Crippen LogP contribution in [0.3, 0.4) is 0 Å². The minimum absolute atomic E-state index is 0.793. The van der Waals surface area contributed by atoms with Gasteiger partial charge >= 0.3 is 80.4 Å². The molecule has 0 amide bonds. The van der Waals surface area contributed by atoms with Crippen LogP contribution in [0.25, 0.3) is 0 Å². The minimum atomic E-state index is 0.793. The SMILES string of the molecule is C[C](=[W])C1CCC(C)CN1C. The van der Waals surface area contributed by atoms with Crippen LogP contribution in [0.15, 0.2) is 0 Å². The van der Waals surface area contributed by atoms with Crippen molar-refractivity contribution < 1.29 is 19.4 Å². The Bertz CT molecular complexity index is 156. The predicted octanol–water partition coefficient (Wildman–Crippen LogP) is 1.46. The van der Waals surface area contributed by atoms with Crippen LogP contribution in [-0.4, -0.2) is 28.4 Å². The van der Waals surface area contributed by atoms with Crippen LogP contribution in [0.4, 0.5) is 0 Å². The third kappa shape index (κ3) is 2.49. The van der Waals surface area contributed by atoms with Crippen molar-refractivity contribution >= 4 is 3.90 Å². The van der Waals surface area contributed by atoms with Crippen LogP contribution < -0.4 is 0 Å². The normalized spacial score (nSPS) is 33.7. The average molecular weight is 323 g/mol. The van der Waals surface area contributed by atoms with E-state index in [2.05, 4.69) is 25.8 Å². The van der Waals surface area contributed by atoms with Crippen molar-refractivity contribution in [3.63, 3.8) is 0 Å². The molecule has 1 saturated heterocycles. The van der Waals surface area contributed by atoms with Gasteiger partial charge in [-0.25, -0.2) is 0 Å². The molecule has 0 aromatic heterocycles. The molecule has 64 valence electrons. The maximum atomic E-state index is 2.51. The summed E-state index contributed by atoms with van der Waals surface area (Å²) in [4.78, 5) is 2.51. The molecule has 1 aliphatic rings. The molecule has 1 nitrogen and oxygen atoms in total. The summed E-state index contributed by atoms with van der Waals surface area (Å²) in [7, 11) is 2.26. The number of nitrogens with zero attached hydrogens (tertiary/aromatic N) is 1. The van der Waals surface area contributed by atoms with Crippen LogP contribution in [-0.2, 0) is 19.4 Å². The molecule has 0 bridgehead atoms. The van der Waals surface area contributed by atoms with Gasteiger partial charge in [-0.1, -0.05) is 0 Å². The first-order chi connectivity index (χ1) is 5.11. The average Bonchev–Trinajstić information content (AvgIpc) is 1.85. The van der Waals surface area contributed by atoms with Gasteiger partial charge in [0.25, 0.3) is 0 Å². The molecule has 2 unspecified atom stereocenters. The zero-order valence-electron chi connectivity index (χ0n) is 7.63. The molecule has 0 aromatic rings. The topological polar surface area (TPSA) is 3.24 Å². The first-order valence-electron chi connectivity index (χ1n) is 4.32. The summed E-state index contributed by atoms with van der Waals surface area (Å²) >= 11 is 1.66. The molecule has 11 heavy (non-hydrogen) atoms. The van der Waals surface area contributed by atoms with Crippen molar-refractivity contribution in [2.24, 2.45) is 5.92 Å². The van der Waals surface area contributed by atoms with Gasteiger partial charge in [0.05, 0.1) is 0 Å². The summed E-state index contributed by atoms with van der Waals surface area (Å²) in [5, 5.41) is 0. The van der Waals surface area contributed by atoms with E-state index in [4.69, 9.17) is 0 Å². The molecule has 2 atom stereocenters. The first-order valence-corrected chi connectivity index (χ1v) is 5.78. The fourth-order valence-electron chi connectivity index (χ4n) is 1.89. The summed E-state index contributed by atoms with van der Waals surface area (Å²) in [6, 6.07) is 0.793. The molecule has 2 heteroatoms. The standard InChI is InChI=1S/C9H17N.W/c1-4-9-6-5-8(2)7-10(9)3;/h8-9H,5-7H2,1-3H3;. The Morgan fingerprint density at radius 2 is 2.09 bits per heavy atom. The molecule has 1 heterocycles. The van der Waals surface area contributed by atoms with E-state index in [-0.39, 0.29) is 0 Å². The van der Waals surface area contributed by atoms with Crippen molar-refractivity contribution in [3.05, 3.63) is 0 Å². The first kappa shape index (κ1) is 9.61. The van der Waals surface area contributed by atoms with Gasteiger partial charge in [-0.15, -0.1) is 0 Å². The number of hydrogen-bond donors (Lipinski definition) is 0. The number of piperidine rings is 1. The van der Waals surface area contributed by atoms with Gasteiger partial charge in [-0.2, -0.15) is 0 Å². The molecule has 1 aliphatic heterocycles. The third-order valence-corrected chi connectivity index (χ3v) is 3.51. The van der Waals surface area contributed by atoms with Crippen molar-refractivity contribution in [3.8, 4) is 0 Å². The van der Waals surface area contributed by atoms with Crippen LogP contribution in [0, 0.1) is 5.92 Å². The Morgan fingerprint density at radius 3 is 2.55 bits per heavy atom. The molecular formula is C9H17NW. The van der Waals surface area contributed by atoms with Crippen molar-refractivity contribution in [1.29, 1.82) is 0 Å². The van der Waals surface area contributed by atoms with Crippen molar-refractivity contribution in [2.75, 3.05) is 13.6 Å². The molecule has 0 saturated carbocycles. The van der Waals surface area contributed by atoms with Crippen LogP contribution >= 0.6 is 0 Å². The molecular weight excluding hydrogens is 306 g/mol. The van der Waals surface area contributed by atoms with Crippen LogP contribution in [0.2, 0.25) is 0 Å². The van der Waals surface area contributed by atoms with E-state index in [1.165, 1.54) is 19.4 Å². The van der Waals surface area contributed by atoms with E-state index in [1.807, 2.05) is 0 Å². The second-order valence-electron chi connectivity index (χ2n) is 3.75. The van der Waals surface area contributed by atoms with E-state index in [0.717, 1.165) is 12.0 Å². The third-order valence-electron chi connectivity index (χ3n) is 2.53. The monoisotopic (exact) mass is 323 g/mol. The van der Waals surface area contributed by atoms with Crippen LogP contribution in [0.1, 0.15) is 26.7 Å². The zero-order valence-corrected chi connectivity index (χ0v) is 10.6. The van der Waals surface area contributed by atoms with E-state index in [9.17, 15) is 0 Å². The second kappa shape index (κ2) is 3.96. The van der Waals surface area contributed by atoms with E-state index in [0.29, 0.717) is 0 Å². The van der Waals surface area contributed by atoms with Gasteiger partial charge in [0.15, 0.2) is 0 Å². The summed E-state index contributed by atoms with van der Waals surface area (Å²) in [5.74, 6) is 0.908. The fourth-order valence-corrected chi connectivity index (χ4v) is 2.96. The van der Waals surface area contributed by atoms with Gasteiger partial charge in [-0.05, 0) is 0 Å². The predicted molar refractivity (Wildman–Crippen MR) is 45.5 cm³/mol. The molecule has 1 fully saturated rings. The zero-order chi connectivity index (χ0) is 8.43. The molecule has 0 N–H and O–H groups in total. The van der Waals surface area contributed by atoms with Crippen molar-refractivity contribution in [1.82, 2.24) is 4.90 Å². The van der Waals surface area contributed by atoms with Gasteiger partial charge in [0.1, 0.15) is 0 Å². The summed E-state index contributed by atoms with van der Waals surface area (Å²) in [5.41, 5.74) is 0. The number of hydrogen-bond acceptors (Lipinski definition) is 1. The quantitative estimate of drug-likeness (QED) is 0.706. The van der Waals surface area contributed by atoms with Gasteiger partial charge in [0, 0.05) is 0 Å². The summed E-state index contributed by atoms with van der Waals surface area (Å²) in [6.07, 6.45) is 2.80. The summed E-state index contributed by atoms with van der Waals surface area (Å²) in [6.45, 7) is 5.92. The Morgan fingerprint density at radius 1 is 1.45 bits per heavy atom. The van der Waals surface area contributed by atoms with E-state index < -0.39 is 0 Å². The number of likely N-dealkylation sites (tertiary alicyclic amines) is 1. The Labute approximate surface area is 80.6 Å².